The van der Waals surface area contributed by atoms with Crippen LogP contribution in [-0.2, 0) is 4.79 Å². The smallest absolute Gasteiger partial charge is 0.326 e. The monoisotopic (exact) mass is 314 g/mol. The molecule has 1 amide bonds. The first kappa shape index (κ1) is 16.9. The van der Waals surface area contributed by atoms with Gasteiger partial charge < -0.3 is 10.4 Å². The summed E-state index contributed by atoms with van der Waals surface area (Å²) in [4.78, 5) is 33.3. The van der Waals surface area contributed by atoms with Gasteiger partial charge in [-0.1, -0.05) is 32.4 Å². The molecule has 0 aliphatic carbocycles. The summed E-state index contributed by atoms with van der Waals surface area (Å²) in [6.07, 6.45) is 0. The van der Waals surface area contributed by atoms with Crippen molar-refractivity contribution in [2.45, 2.75) is 26.8 Å². The zero-order chi connectivity index (χ0) is 16.4. The lowest BCUT2D eigenvalue weighted by Crippen LogP contribution is -2.49. The van der Waals surface area contributed by atoms with Crippen molar-refractivity contribution < 1.29 is 19.6 Å². The van der Waals surface area contributed by atoms with E-state index in [1.54, 1.807) is 20.8 Å². The van der Waals surface area contributed by atoms with Crippen LogP contribution in [0.2, 0.25) is 5.02 Å². The fourth-order valence-electron chi connectivity index (χ4n) is 1.66. The molecular formula is C13H15ClN2O5. The van der Waals surface area contributed by atoms with Crippen molar-refractivity contribution in [3.63, 3.8) is 0 Å². The molecule has 0 heterocycles. The van der Waals surface area contributed by atoms with Gasteiger partial charge >= 0.3 is 5.97 Å². The number of nitro groups is 1. The molecule has 0 aliphatic rings. The second-order valence-corrected chi connectivity index (χ2v) is 5.94. The van der Waals surface area contributed by atoms with Gasteiger partial charge in [-0.2, -0.15) is 0 Å². The Balaban J connectivity index is 3.07. The summed E-state index contributed by atoms with van der Waals surface area (Å²) in [6, 6.07) is 2.41. The standard InChI is InChI=1S/C13H15ClN2O5/c1-13(2,3)10(12(18)19)15-11(17)7-4-5-8(14)9(6-7)16(20)21/h4-6,10H,1-3H3,(H,15,17)(H,18,19)/t10-/m0/s1. The molecule has 0 saturated heterocycles. The average molecular weight is 315 g/mol. The molecule has 0 spiro atoms. The summed E-state index contributed by atoms with van der Waals surface area (Å²) in [5.41, 5.74) is -1.15. The number of amides is 1. The van der Waals surface area contributed by atoms with E-state index >= 15 is 0 Å². The molecule has 0 bridgehead atoms. The maximum atomic E-state index is 12.1. The van der Waals surface area contributed by atoms with Crippen LogP contribution in [0, 0.1) is 15.5 Å². The van der Waals surface area contributed by atoms with Crippen LogP contribution in [-0.4, -0.2) is 27.9 Å². The van der Waals surface area contributed by atoms with Gasteiger partial charge in [0.05, 0.1) is 4.92 Å². The Hall–Kier alpha value is -2.15. The number of rotatable bonds is 4. The zero-order valence-electron chi connectivity index (χ0n) is 11.7. The number of nitrogens with zero attached hydrogens (tertiary/aromatic N) is 1. The van der Waals surface area contributed by atoms with Gasteiger partial charge in [-0.3, -0.25) is 14.9 Å². The van der Waals surface area contributed by atoms with Crippen LogP contribution in [0.1, 0.15) is 31.1 Å². The van der Waals surface area contributed by atoms with E-state index in [2.05, 4.69) is 5.32 Å². The fourth-order valence-corrected chi connectivity index (χ4v) is 1.84. The van der Waals surface area contributed by atoms with E-state index in [1.165, 1.54) is 12.1 Å². The van der Waals surface area contributed by atoms with Crippen molar-refractivity contribution in [2.24, 2.45) is 5.41 Å². The van der Waals surface area contributed by atoms with E-state index in [9.17, 15) is 19.7 Å². The Labute approximate surface area is 126 Å². The van der Waals surface area contributed by atoms with E-state index in [4.69, 9.17) is 16.7 Å². The molecule has 1 aromatic carbocycles. The molecule has 114 valence electrons. The molecule has 0 fully saturated rings. The molecule has 1 atom stereocenters. The maximum Gasteiger partial charge on any atom is 0.326 e. The van der Waals surface area contributed by atoms with Gasteiger partial charge in [0.2, 0.25) is 0 Å². The number of benzene rings is 1. The Morgan fingerprint density at radius 3 is 2.38 bits per heavy atom. The number of nitrogens with one attached hydrogen (secondary N) is 1. The van der Waals surface area contributed by atoms with Gasteiger partial charge in [0, 0.05) is 11.6 Å². The molecule has 21 heavy (non-hydrogen) atoms. The summed E-state index contributed by atoms with van der Waals surface area (Å²) < 4.78 is 0. The molecule has 0 aliphatic heterocycles. The van der Waals surface area contributed by atoms with Gasteiger partial charge in [0.15, 0.2) is 0 Å². The van der Waals surface area contributed by atoms with Crippen molar-refractivity contribution in [3.05, 3.63) is 38.9 Å². The van der Waals surface area contributed by atoms with Crippen LogP contribution in [0.5, 0.6) is 0 Å². The van der Waals surface area contributed by atoms with Crippen LogP contribution in [0.15, 0.2) is 18.2 Å². The lowest BCUT2D eigenvalue weighted by Gasteiger charge is -2.27. The first-order chi connectivity index (χ1) is 9.54. The van der Waals surface area contributed by atoms with E-state index in [1.807, 2.05) is 0 Å². The van der Waals surface area contributed by atoms with Crippen molar-refractivity contribution in [3.8, 4) is 0 Å². The van der Waals surface area contributed by atoms with Crippen LogP contribution < -0.4 is 5.32 Å². The average Bonchev–Trinajstić information content (AvgIpc) is 2.33. The van der Waals surface area contributed by atoms with E-state index in [-0.39, 0.29) is 10.6 Å². The van der Waals surface area contributed by atoms with Crippen molar-refractivity contribution in [1.29, 1.82) is 0 Å². The maximum absolute atomic E-state index is 12.1. The molecular weight excluding hydrogens is 300 g/mol. The molecule has 1 rings (SSSR count). The largest absolute Gasteiger partial charge is 0.480 e. The predicted octanol–water partition coefficient (Wildman–Crippen LogP) is 2.48. The number of nitro benzene ring substituents is 1. The Morgan fingerprint density at radius 2 is 1.95 bits per heavy atom. The molecule has 1 aromatic rings. The molecule has 7 nitrogen and oxygen atoms in total. The lowest BCUT2D eigenvalue weighted by molar-refractivity contribution is -0.384. The summed E-state index contributed by atoms with van der Waals surface area (Å²) in [5.74, 6) is -1.89. The molecule has 0 radical (unpaired) electrons. The van der Waals surface area contributed by atoms with Crippen LogP contribution >= 0.6 is 11.6 Å². The predicted molar refractivity (Wildman–Crippen MR) is 76.5 cm³/mol. The van der Waals surface area contributed by atoms with Gasteiger partial charge in [-0.05, 0) is 17.5 Å². The first-order valence-corrected chi connectivity index (χ1v) is 6.39. The third-order valence-electron chi connectivity index (χ3n) is 2.79. The second kappa shape index (κ2) is 6.09. The van der Waals surface area contributed by atoms with E-state index in [0.717, 1.165) is 6.07 Å². The Morgan fingerprint density at radius 1 is 1.38 bits per heavy atom. The number of aliphatic carboxylic acids is 1. The number of hydrogen-bond acceptors (Lipinski definition) is 4. The van der Waals surface area contributed by atoms with Gasteiger partial charge in [0.1, 0.15) is 11.1 Å². The Kier molecular flexibility index (Phi) is 4.90. The highest BCUT2D eigenvalue weighted by Gasteiger charge is 2.33. The topological polar surface area (TPSA) is 110 Å². The Bertz CT molecular complexity index is 595. The minimum absolute atomic E-state index is 0.0263. The molecule has 8 heteroatoms. The normalized spacial score (nSPS) is 12.6. The van der Waals surface area contributed by atoms with Gasteiger partial charge in [-0.25, -0.2) is 4.79 Å². The van der Waals surface area contributed by atoms with Gasteiger partial charge in [-0.15, -0.1) is 0 Å². The zero-order valence-corrected chi connectivity index (χ0v) is 12.5. The quantitative estimate of drug-likeness (QED) is 0.655. The highest BCUT2D eigenvalue weighted by molar-refractivity contribution is 6.32. The lowest BCUT2D eigenvalue weighted by atomic mass is 9.86. The summed E-state index contributed by atoms with van der Waals surface area (Å²) in [6.45, 7) is 4.99. The molecule has 0 aromatic heterocycles. The number of carbonyl (C=O) groups excluding carboxylic acids is 1. The number of carboxylic acids is 1. The molecule has 0 unspecified atom stereocenters. The number of carbonyl (C=O) groups is 2. The highest BCUT2D eigenvalue weighted by atomic mass is 35.5. The van der Waals surface area contributed by atoms with Crippen molar-refractivity contribution in [2.75, 3.05) is 0 Å². The third kappa shape index (κ3) is 4.16. The fraction of sp³-hybridized carbons (Fsp3) is 0.385. The van der Waals surface area contributed by atoms with Gasteiger partial charge in [0.25, 0.3) is 11.6 Å². The molecule has 2 N–H and O–H groups in total. The number of carboxylic acid groups (broad SMARTS) is 1. The third-order valence-corrected chi connectivity index (χ3v) is 3.11. The second-order valence-electron chi connectivity index (χ2n) is 5.53. The summed E-state index contributed by atoms with van der Waals surface area (Å²) >= 11 is 5.66. The van der Waals surface area contributed by atoms with Crippen LogP contribution in [0.4, 0.5) is 5.69 Å². The van der Waals surface area contributed by atoms with E-state index in [0.29, 0.717) is 0 Å². The minimum atomic E-state index is -1.18. The number of halogens is 1. The highest BCUT2D eigenvalue weighted by Crippen LogP contribution is 2.25. The number of hydrogen-bond donors (Lipinski definition) is 2. The van der Waals surface area contributed by atoms with Crippen LogP contribution in [0.25, 0.3) is 0 Å². The van der Waals surface area contributed by atoms with Crippen LogP contribution in [0.3, 0.4) is 0 Å². The van der Waals surface area contributed by atoms with Crippen molar-refractivity contribution >= 4 is 29.2 Å². The molecule has 0 saturated carbocycles. The SMILES string of the molecule is CC(C)(C)[C@@H](NC(=O)c1ccc(Cl)c([N+](=O)[O-])c1)C(=O)O. The minimum Gasteiger partial charge on any atom is -0.480 e. The first-order valence-electron chi connectivity index (χ1n) is 6.01. The van der Waals surface area contributed by atoms with Crippen molar-refractivity contribution in [1.82, 2.24) is 5.32 Å². The summed E-state index contributed by atoms with van der Waals surface area (Å²) in [5, 5.41) is 22.2. The summed E-state index contributed by atoms with van der Waals surface area (Å²) in [7, 11) is 0. The van der Waals surface area contributed by atoms with E-state index < -0.39 is 33.9 Å².